The van der Waals surface area contributed by atoms with Gasteiger partial charge in [0.2, 0.25) is 0 Å². The van der Waals surface area contributed by atoms with Gasteiger partial charge in [0.25, 0.3) is 0 Å². The van der Waals surface area contributed by atoms with Crippen molar-refractivity contribution >= 4 is 11.5 Å². The number of hydrogen-bond donors (Lipinski definition) is 1. The minimum Gasteiger partial charge on any atom is -0.494 e. The van der Waals surface area contributed by atoms with Crippen LogP contribution in [0.4, 0.5) is 5.69 Å². The molecule has 0 fully saturated rings. The second-order valence-corrected chi connectivity index (χ2v) is 5.74. The maximum Gasteiger partial charge on any atom is 0.187 e. The molecule has 26 heavy (non-hydrogen) atoms. The highest BCUT2D eigenvalue weighted by Gasteiger charge is 2.03. The minimum absolute atomic E-state index is 0.0388. The summed E-state index contributed by atoms with van der Waals surface area (Å²) in [4.78, 5) is 12.3. The topological polar surface area (TPSA) is 38.3 Å². The van der Waals surface area contributed by atoms with Gasteiger partial charge in [0.1, 0.15) is 5.75 Å². The van der Waals surface area contributed by atoms with E-state index in [1.165, 1.54) is 6.08 Å². The normalized spacial score (nSPS) is 10.7. The van der Waals surface area contributed by atoms with Crippen LogP contribution < -0.4 is 10.1 Å². The van der Waals surface area contributed by atoms with E-state index in [-0.39, 0.29) is 5.78 Å². The van der Waals surface area contributed by atoms with Gasteiger partial charge in [-0.15, -0.1) is 0 Å². The third-order valence-electron chi connectivity index (χ3n) is 3.93. The largest absolute Gasteiger partial charge is 0.494 e. The third kappa shape index (κ3) is 4.61. The number of anilines is 1. The van der Waals surface area contributed by atoms with Gasteiger partial charge < -0.3 is 10.1 Å². The van der Waals surface area contributed by atoms with E-state index in [9.17, 15) is 4.79 Å². The molecule has 0 aliphatic rings. The summed E-state index contributed by atoms with van der Waals surface area (Å²) < 4.78 is 5.40. The van der Waals surface area contributed by atoms with Crippen LogP contribution >= 0.6 is 0 Å². The number of ether oxygens (including phenoxy) is 1. The lowest BCUT2D eigenvalue weighted by atomic mass is 10.0. The molecular formula is C23H21NO2. The Kier molecular flexibility index (Phi) is 5.84. The molecule has 0 saturated carbocycles. The lowest BCUT2D eigenvalue weighted by Crippen LogP contribution is -1.96. The fourth-order valence-corrected chi connectivity index (χ4v) is 2.58. The van der Waals surface area contributed by atoms with Crippen LogP contribution in [-0.4, -0.2) is 12.4 Å². The molecule has 3 rings (SSSR count). The maximum absolute atomic E-state index is 12.3. The van der Waals surface area contributed by atoms with E-state index in [1.54, 1.807) is 6.20 Å². The molecule has 3 nitrogen and oxygen atoms in total. The summed E-state index contributed by atoms with van der Waals surface area (Å²) in [6.45, 7) is 2.59. The maximum atomic E-state index is 12.3. The molecule has 0 unspecified atom stereocenters. The summed E-state index contributed by atoms with van der Waals surface area (Å²) >= 11 is 0. The Hall–Kier alpha value is -3.33. The molecule has 0 saturated heterocycles. The first-order chi connectivity index (χ1) is 12.8. The van der Waals surface area contributed by atoms with Crippen LogP contribution in [0.2, 0.25) is 0 Å². The molecule has 1 N–H and O–H groups in total. The van der Waals surface area contributed by atoms with Crippen molar-refractivity contribution in [3.63, 3.8) is 0 Å². The molecule has 0 aliphatic carbocycles. The molecule has 0 spiro atoms. The highest BCUT2D eigenvalue weighted by atomic mass is 16.5. The fraction of sp³-hybridized carbons (Fsp3) is 0.0870. The van der Waals surface area contributed by atoms with Crippen molar-refractivity contribution in [3.05, 3.63) is 96.7 Å². The predicted molar refractivity (Wildman–Crippen MR) is 107 cm³/mol. The second-order valence-electron chi connectivity index (χ2n) is 5.74. The summed E-state index contributed by atoms with van der Waals surface area (Å²) in [7, 11) is 0. The fourth-order valence-electron chi connectivity index (χ4n) is 2.58. The van der Waals surface area contributed by atoms with E-state index >= 15 is 0 Å². The molecule has 3 aromatic carbocycles. The smallest absolute Gasteiger partial charge is 0.187 e. The monoisotopic (exact) mass is 343 g/mol. The summed E-state index contributed by atoms with van der Waals surface area (Å²) in [5.74, 6) is 0.791. The minimum atomic E-state index is -0.0388. The van der Waals surface area contributed by atoms with Crippen LogP contribution in [0.25, 0.3) is 11.1 Å². The number of carbonyl (C=O) groups excluding carboxylic acids is 1. The summed E-state index contributed by atoms with van der Waals surface area (Å²) in [6, 6.07) is 25.4. The number of rotatable bonds is 7. The molecule has 3 heteroatoms. The Morgan fingerprint density at radius 1 is 0.885 bits per heavy atom. The van der Waals surface area contributed by atoms with Gasteiger partial charge in [-0.2, -0.15) is 0 Å². The molecule has 130 valence electrons. The Morgan fingerprint density at radius 2 is 1.54 bits per heavy atom. The van der Waals surface area contributed by atoms with Gasteiger partial charge in [-0.1, -0.05) is 54.6 Å². The second kappa shape index (κ2) is 8.67. The van der Waals surface area contributed by atoms with Crippen LogP contribution in [0.5, 0.6) is 5.75 Å². The number of benzene rings is 3. The Bertz CT molecular complexity index is 866. The van der Waals surface area contributed by atoms with Crippen molar-refractivity contribution in [1.29, 1.82) is 0 Å². The lowest BCUT2D eigenvalue weighted by Gasteiger charge is -2.05. The first-order valence-corrected chi connectivity index (χ1v) is 8.62. The molecule has 0 bridgehead atoms. The zero-order valence-electron chi connectivity index (χ0n) is 14.7. The van der Waals surface area contributed by atoms with Crippen LogP contribution in [-0.2, 0) is 0 Å². The highest BCUT2D eigenvalue weighted by Crippen LogP contribution is 2.19. The molecule has 0 heterocycles. The van der Waals surface area contributed by atoms with Gasteiger partial charge in [-0.3, -0.25) is 4.79 Å². The van der Waals surface area contributed by atoms with Crippen molar-refractivity contribution in [3.8, 4) is 16.9 Å². The van der Waals surface area contributed by atoms with Crippen molar-refractivity contribution in [2.75, 3.05) is 11.9 Å². The zero-order valence-corrected chi connectivity index (χ0v) is 14.7. The molecule has 3 aromatic rings. The quantitative estimate of drug-likeness (QED) is 0.451. The molecule has 0 aromatic heterocycles. The Labute approximate surface area is 154 Å². The first kappa shape index (κ1) is 17.5. The molecule has 0 amide bonds. The van der Waals surface area contributed by atoms with Crippen molar-refractivity contribution in [1.82, 2.24) is 0 Å². The standard InChI is InChI=1S/C23H21NO2/c1-2-26-22-14-12-21(13-15-22)24-17-16-23(25)20-10-8-19(9-11-20)18-6-4-3-5-7-18/h3-17,24H,2H2,1H3/b17-16+. The average molecular weight is 343 g/mol. The average Bonchev–Trinajstić information content (AvgIpc) is 2.70. The predicted octanol–water partition coefficient (Wildman–Crippen LogP) is 5.56. The van der Waals surface area contributed by atoms with Gasteiger partial charge in [0, 0.05) is 23.5 Å². The van der Waals surface area contributed by atoms with E-state index < -0.39 is 0 Å². The third-order valence-corrected chi connectivity index (χ3v) is 3.93. The van der Waals surface area contributed by atoms with Crippen LogP contribution in [0.15, 0.2) is 91.1 Å². The molecule has 0 aliphatic heterocycles. The van der Waals surface area contributed by atoms with Crippen LogP contribution in [0.3, 0.4) is 0 Å². The number of carbonyl (C=O) groups is 1. The van der Waals surface area contributed by atoms with Crippen molar-refractivity contribution in [2.24, 2.45) is 0 Å². The van der Waals surface area contributed by atoms with Crippen LogP contribution in [0, 0.1) is 0 Å². The Balaban J connectivity index is 1.59. The van der Waals surface area contributed by atoms with E-state index in [2.05, 4.69) is 17.4 Å². The van der Waals surface area contributed by atoms with Crippen molar-refractivity contribution in [2.45, 2.75) is 6.92 Å². The number of allylic oxidation sites excluding steroid dienone is 1. The SMILES string of the molecule is CCOc1ccc(N/C=C/C(=O)c2ccc(-c3ccccc3)cc2)cc1. The summed E-state index contributed by atoms with van der Waals surface area (Å²) in [6.07, 6.45) is 3.19. The van der Waals surface area contributed by atoms with E-state index in [4.69, 9.17) is 4.74 Å². The lowest BCUT2D eigenvalue weighted by molar-refractivity contribution is 0.104. The van der Waals surface area contributed by atoms with E-state index in [0.29, 0.717) is 12.2 Å². The van der Waals surface area contributed by atoms with Gasteiger partial charge in [-0.25, -0.2) is 0 Å². The van der Waals surface area contributed by atoms with Gasteiger partial charge in [0.15, 0.2) is 5.78 Å². The van der Waals surface area contributed by atoms with Gasteiger partial charge in [0.05, 0.1) is 6.61 Å². The summed E-state index contributed by atoms with van der Waals surface area (Å²) in [5.41, 5.74) is 3.80. The first-order valence-electron chi connectivity index (χ1n) is 8.62. The molecule has 0 atom stereocenters. The van der Waals surface area contributed by atoms with Crippen molar-refractivity contribution < 1.29 is 9.53 Å². The highest BCUT2D eigenvalue weighted by molar-refractivity contribution is 6.04. The number of ketones is 1. The molecule has 0 radical (unpaired) electrons. The zero-order chi connectivity index (χ0) is 18.2. The van der Waals surface area contributed by atoms with Gasteiger partial charge >= 0.3 is 0 Å². The van der Waals surface area contributed by atoms with E-state index in [1.807, 2.05) is 73.7 Å². The molecular weight excluding hydrogens is 322 g/mol. The van der Waals surface area contributed by atoms with Crippen LogP contribution in [0.1, 0.15) is 17.3 Å². The summed E-state index contributed by atoms with van der Waals surface area (Å²) in [5, 5.41) is 3.09. The number of nitrogens with one attached hydrogen (secondary N) is 1. The van der Waals surface area contributed by atoms with E-state index in [0.717, 1.165) is 22.6 Å². The number of hydrogen-bond acceptors (Lipinski definition) is 3. The Morgan fingerprint density at radius 3 is 2.19 bits per heavy atom. The van der Waals surface area contributed by atoms with Gasteiger partial charge in [-0.05, 0) is 42.3 Å².